The molecule has 1 fully saturated rings. The lowest BCUT2D eigenvalue weighted by molar-refractivity contribution is -0.150. The van der Waals surface area contributed by atoms with Crippen molar-refractivity contribution < 1.29 is 9.53 Å². The normalized spacial score (nSPS) is 27.3. The summed E-state index contributed by atoms with van der Waals surface area (Å²) in [6.45, 7) is 3.75. The predicted molar refractivity (Wildman–Crippen MR) is 63.8 cm³/mol. The molecule has 0 aliphatic heterocycles. The van der Waals surface area contributed by atoms with Crippen LogP contribution < -0.4 is 5.73 Å². The minimum atomic E-state index is -0.493. The van der Waals surface area contributed by atoms with Crippen molar-refractivity contribution in [1.82, 2.24) is 0 Å². The summed E-state index contributed by atoms with van der Waals surface area (Å²) in [5.41, 5.74) is 5.65. The maximum atomic E-state index is 11.5. The Bertz CT molecular complexity index is 233. The van der Waals surface area contributed by atoms with E-state index in [1.54, 1.807) is 0 Å². The SMILES string of the molecule is C=CC1CCC(OC(=O)[C@@H](N)CCBr)C1. The van der Waals surface area contributed by atoms with Gasteiger partial charge in [0.1, 0.15) is 12.1 Å². The van der Waals surface area contributed by atoms with Gasteiger partial charge in [-0.05, 0) is 31.6 Å². The molecule has 1 rings (SSSR count). The van der Waals surface area contributed by atoms with Gasteiger partial charge in [-0.25, -0.2) is 0 Å². The molecule has 4 heteroatoms. The van der Waals surface area contributed by atoms with Crippen LogP contribution in [0.2, 0.25) is 0 Å². The Morgan fingerprint density at radius 3 is 2.93 bits per heavy atom. The van der Waals surface area contributed by atoms with Gasteiger partial charge in [-0.1, -0.05) is 22.0 Å². The van der Waals surface area contributed by atoms with E-state index in [4.69, 9.17) is 10.5 Å². The average molecular weight is 276 g/mol. The summed E-state index contributed by atoms with van der Waals surface area (Å²) in [4.78, 5) is 11.5. The van der Waals surface area contributed by atoms with Gasteiger partial charge in [-0.15, -0.1) is 6.58 Å². The highest BCUT2D eigenvalue weighted by Crippen LogP contribution is 2.28. The Labute approximate surface area is 99.2 Å². The molecule has 3 atom stereocenters. The van der Waals surface area contributed by atoms with E-state index in [9.17, 15) is 4.79 Å². The number of rotatable bonds is 5. The van der Waals surface area contributed by atoms with Gasteiger partial charge in [0, 0.05) is 5.33 Å². The second-order valence-electron chi connectivity index (χ2n) is 3.95. The quantitative estimate of drug-likeness (QED) is 0.474. The van der Waals surface area contributed by atoms with Gasteiger partial charge in [0.25, 0.3) is 0 Å². The maximum Gasteiger partial charge on any atom is 0.323 e. The highest BCUT2D eigenvalue weighted by molar-refractivity contribution is 9.09. The zero-order chi connectivity index (χ0) is 11.3. The first kappa shape index (κ1) is 12.7. The number of carbonyl (C=O) groups is 1. The summed E-state index contributed by atoms with van der Waals surface area (Å²) >= 11 is 3.25. The molecule has 0 amide bonds. The third-order valence-corrected chi connectivity index (χ3v) is 3.22. The van der Waals surface area contributed by atoms with Crippen LogP contribution in [0, 0.1) is 5.92 Å². The third-order valence-electron chi connectivity index (χ3n) is 2.76. The van der Waals surface area contributed by atoms with Crippen molar-refractivity contribution >= 4 is 21.9 Å². The second kappa shape index (κ2) is 6.28. The summed E-state index contributed by atoms with van der Waals surface area (Å²) in [5.74, 6) is 0.222. The molecule has 0 spiro atoms. The molecule has 1 aliphatic carbocycles. The molecule has 0 radical (unpaired) electrons. The second-order valence-corrected chi connectivity index (χ2v) is 4.74. The number of ether oxygens (including phenoxy) is 1. The molecule has 0 heterocycles. The average Bonchev–Trinajstić information content (AvgIpc) is 2.66. The maximum absolute atomic E-state index is 11.5. The molecule has 0 aromatic heterocycles. The molecule has 0 bridgehead atoms. The Morgan fingerprint density at radius 1 is 1.67 bits per heavy atom. The van der Waals surface area contributed by atoms with Crippen molar-refractivity contribution in [1.29, 1.82) is 0 Å². The first-order chi connectivity index (χ1) is 7.17. The van der Waals surface area contributed by atoms with Crippen LogP contribution in [0.1, 0.15) is 25.7 Å². The molecule has 15 heavy (non-hydrogen) atoms. The van der Waals surface area contributed by atoms with Gasteiger partial charge < -0.3 is 10.5 Å². The zero-order valence-electron chi connectivity index (χ0n) is 8.82. The summed E-state index contributed by atoms with van der Waals surface area (Å²) in [7, 11) is 0. The van der Waals surface area contributed by atoms with E-state index >= 15 is 0 Å². The molecule has 1 aliphatic rings. The number of allylic oxidation sites excluding steroid dienone is 1. The predicted octanol–water partition coefficient (Wildman–Crippen LogP) is 2.00. The minimum Gasteiger partial charge on any atom is -0.461 e. The van der Waals surface area contributed by atoms with Crippen LogP contribution in [0.3, 0.4) is 0 Å². The van der Waals surface area contributed by atoms with Crippen LogP contribution in [0.4, 0.5) is 0 Å². The van der Waals surface area contributed by atoms with Gasteiger partial charge in [0.15, 0.2) is 0 Å². The number of hydrogen-bond donors (Lipinski definition) is 1. The van der Waals surface area contributed by atoms with Crippen molar-refractivity contribution in [2.75, 3.05) is 5.33 Å². The van der Waals surface area contributed by atoms with Crippen molar-refractivity contribution in [2.24, 2.45) is 11.7 Å². The van der Waals surface area contributed by atoms with Crippen molar-refractivity contribution in [2.45, 2.75) is 37.8 Å². The van der Waals surface area contributed by atoms with E-state index in [2.05, 4.69) is 22.5 Å². The Kier molecular flexibility index (Phi) is 5.32. The van der Waals surface area contributed by atoms with Crippen molar-refractivity contribution in [3.8, 4) is 0 Å². The standard InChI is InChI=1S/C11H18BrNO2/c1-2-8-3-4-9(7-8)15-11(14)10(13)5-6-12/h2,8-10H,1,3-7,13H2/t8?,9?,10-/m0/s1. The number of alkyl halides is 1. The monoisotopic (exact) mass is 275 g/mol. The fourth-order valence-corrected chi connectivity index (χ4v) is 2.27. The minimum absolute atomic E-state index is 0.0434. The highest BCUT2D eigenvalue weighted by Gasteiger charge is 2.27. The molecule has 2 unspecified atom stereocenters. The van der Waals surface area contributed by atoms with Crippen LogP contribution in [0.15, 0.2) is 12.7 Å². The fraction of sp³-hybridized carbons (Fsp3) is 0.727. The summed E-state index contributed by atoms with van der Waals surface area (Å²) in [6.07, 6.45) is 5.50. The third kappa shape index (κ3) is 3.95. The lowest BCUT2D eigenvalue weighted by atomic mass is 10.1. The van der Waals surface area contributed by atoms with Gasteiger partial charge in [0.2, 0.25) is 0 Å². The van der Waals surface area contributed by atoms with Crippen molar-refractivity contribution in [3.05, 3.63) is 12.7 Å². The van der Waals surface area contributed by atoms with E-state index in [-0.39, 0.29) is 12.1 Å². The van der Waals surface area contributed by atoms with E-state index in [0.29, 0.717) is 12.3 Å². The number of carbonyl (C=O) groups excluding carboxylic acids is 1. The first-order valence-electron chi connectivity index (χ1n) is 5.32. The molecule has 86 valence electrons. The van der Waals surface area contributed by atoms with Crippen LogP contribution in [0.5, 0.6) is 0 Å². The number of halogens is 1. The Morgan fingerprint density at radius 2 is 2.40 bits per heavy atom. The molecule has 1 saturated carbocycles. The van der Waals surface area contributed by atoms with Gasteiger partial charge in [-0.2, -0.15) is 0 Å². The van der Waals surface area contributed by atoms with Gasteiger partial charge >= 0.3 is 5.97 Å². The fourth-order valence-electron chi connectivity index (χ4n) is 1.78. The summed E-state index contributed by atoms with van der Waals surface area (Å²) in [6, 6.07) is -0.493. The van der Waals surface area contributed by atoms with E-state index in [0.717, 1.165) is 24.6 Å². The topological polar surface area (TPSA) is 52.3 Å². The van der Waals surface area contributed by atoms with Crippen LogP contribution >= 0.6 is 15.9 Å². The molecule has 3 nitrogen and oxygen atoms in total. The van der Waals surface area contributed by atoms with Crippen molar-refractivity contribution in [3.63, 3.8) is 0 Å². The molecular formula is C11H18BrNO2. The molecule has 0 aromatic carbocycles. The number of esters is 1. The molecule has 0 aromatic rings. The van der Waals surface area contributed by atoms with Crippen LogP contribution in [-0.2, 0) is 9.53 Å². The smallest absolute Gasteiger partial charge is 0.323 e. The van der Waals surface area contributed by atoms with E-state index < -0.39 is 6.04 Å². The highest BCUT2D eigenvalue weighted by atomic mass is 79.9. The van der Waals surface area contributed by atoms with E-state index in [1.807, 2.05) is 6.08 Å². The Balaban J connectivity index is 2.29. The lowest BCUT2D eigenvalue weighted by Crippen LogP contribution is -2.34. The molecular weight excluding hydrogens is 258 g/mol. The Hall–Kier alpha value is -0.350. The lowest BCUT2D eigenvalue weighted by Gasteiger charge is -2.15. The van der Waals surface area contributed by atoms with E-state index in [1.165, 1.54) is 0 Å². The van der Waals surface area contributed by atoms with Crippen LogP contribution in [-0.4, -0.2) is 23.4 Å². The first-order valence-corrected chi connectivity index (χ1v) is 6.44. The molecule has 0 saturated heterocycles. The number of hydrogen-bond acceptors (Lipinski definition) is 3. The van der Waals surface area contributed by atoms with Gasteiger partial charge in [-0.3, -0.25) is 4.79 Å². The summed E-state index contributed by atoms with van der Waals surface area (Å²) < 4.78 is 5.33. The zero-order valence-corrected chi connectivity index (χ0v) is 10.4. The largest absolute Gasteiger partial charge is 0.461 e. The summed E-state index contributed by atoms with van der Waals surface area (Å²) in [5, 5.41) is 0.725. The number of nitrogens with two attached hydrogens (primary N) is 1. The van der Waals surface area contributed by atoms with Crippen LogP contribution in [0.25, 0.3) is 0 Å². The van der Waals surface area contributed by atoms with Gasteiger partial charge in [0.05, 0.1) is 0 Å². The molecule has 2 N–H and O–H groups in total.